The molecule has 21 heavy (non-hydrogen) atoms. The van der Waals surface area contributed by atoms with E-state index in [-0.39, 0.29) is 16.7 Å². The van der Waals surface area contributed by atoms with E-state index in [2.05, 4.69) is 4.98 Å². The van der Waals surface area contributed by atoms with Gasteiger partial charge in [-0.2, -0.15) is 0 Å². The van der Waals surface area contributed by atoms with Gasteiger partial charge in [-0.05, 0) is 32.0 Å². The molecule has 0 fully saturated rings. The Morgan fingerprint density at radius 2 is 1.81 bits per heavy atom. The van der Waals surface area contributed by atoms with Gasteiger partial charge in [-0.25, -0.2) is 4.39 Å². The second-order valence-corrected chi connectivity index (χ2v) is 4.91. The first-order valence-corrected chi connectivity index (χ1v) is 6.51. The molecule has 0 radical (unpaired) electrons. The molecule has 0 bridgehead atoms. The first-order chi connectivity index (χ1) is 10.0. The number of imidazole rings is 1. The molecule has 2 heterocycles. The minimum Gasteiger partial charge on any atom is -0.343 e. The highest BCUT2D eigenvalue weighted by atomic mass is 19.1. The van der Waals surface area contributed by atoms with E-state index in [1.165, 1.54) is 34.7 Å². The number of hydrogen-bond donors (Lipinski definition) is 1. The van der Waals surface area contributed by atoms with Crippen LogP contribution in [0.4, 0.5) is 4.39 Å². The fraction of sp³-hybridized carbons (Fsp3) is 0.125. The molecule has 0 aliphatic carbocycles. The number of aromatic nitrogens is 2. The maximum atomic E-state index is 13.8. The molecule has 0 saturated carbocycles. The molecule has 3 rings (SSSR count). The molecular weight excluding hydrogens is 271 g/mol. The number of nitrogens with zero attached hydrogens (tertiary/aromatic N) is 1. The zero-order chi connectivity index (χ0) is 15.1. The van der Waals surface area contributed by atoms with Crippen LogP contribution in [0.3, 0.4) is 0 Å². The van der Waals surface area contributed by atoms with Crippen molar-refractivity contribution >= 4 is 11.4 Å². The molecule has 0 aliphatic heterocycles. The molecule has 0 atom stereocenters. The number of pyridine rings is 1. The highest BCUT2D eigenvalue weighted by Crippen LogP contribution is 2.18. The predicted octanol–water partition coefficient (Wildman–Crippen LogP) is 2.61. The number of benzene rings is 1. The molecule has 0 saturated heterocycles. The predicted molar refractivity (Wildman–Crippen MR) is 77.3 cm³/mol. The Morgan fingerprint density at radius 3 is 2.52 bits per heavy atom. The lowest BCUT2D eigenvalue weighted by Crippen LogP contribution is -2.16. The number of carbonyl (C=O) groups is 1. The van der Waals surface area contributed by atoms with Crippen molar-refractivity contribution in [1.29, 1.82) is 0 Å². The number of halogens is 1. The molecule has 1 N–H and O–H groups in total. The van der Waals surface area contributed by atoms with Crippen LogP contribution in [0.2, 0.25) is 0 Å². The lowest BCUT2D eigenvalue weighted by atomic mass is 10.0. The number of ketones is 1. The molecule has 2 aromatic heterocycles. The van der Waals surface area contributed by atoms with Gasteiger partial charge >= 0.3 is 0 Å². The van der Waals surface area contributed by atoms with E-state index in [9.17, 15) is 14.0 Å². The number of aromatic amines is 1. The molecule has 106 valence electrons. The molecule has 0 spiro atoms. The van der Waals surface area contributed by atoms with Gasteiger partial charge in [0.1, 0.15) is 11.5 Å². The Kier molecular flexibility index (Phi) is 2.97. The largest absolute Gasteiger partial charge is 0.343 e. The van der Waals surface area contributed by atoms with Crippen molar-refractivity contribution in [2.75, 3.05) is 0 Å². The summed E-state index contributed by atoms with van der Waals surface area (Å²) in [6.45, 7) is 3.61. The van der Waals surface area contributed by atoms with Gasteiger partial charge in [0, 0.05) is 17.5 Å². The fourth-order valence-electron chi connectivity index (χ4n) is 2.40. The third kappa shape index (κ3) is 1.98. The van der Waals surface area contributed by atoms with E-state index in [0.717, 1.165) is 11.4 Å². The van der Waals surface area contributed by atoms with Gasteiger partial charge in [0.15, 0.2) is 5.78 Å². The number of carbonyl (C=O) groups excluding carboxylic acids is 1. The Balaban J connectivity index is 2.29. The zero-order valence-corrected chi connectivity index (χ0v) is 11.6. The summed E-state index contributed by atoms with van der Waals surface area (Å²) in [5.74, 6) is -1.03. The molecule has 3 aromatic rings. The maximum absolute atomic E-state index is 13.8. The summed E-state index contributed by atoms with van der Waals surface area (Å²) in [7, 11) is 0. The number of rotatable bonds is 2. The first-order valence-electron chi connectivity index (χ1n) is 6.51. The summed E-state index contributed by atoms with van der Waals surface area (Å²) in [6.07, 6.45) is 0. The van der Waals surface area contributed by atoms with Crippen molar-refractivity contribution in [3.8, 4) is 0 Å². The van der Waals surface area contributed by atoms with Gasteiger partial charge in [-0.15, -0.1) is 0 Å². The van der Waals surface area contributed by atoms with E-state index in [1.807, 2.05) is 6.92 Å². The topological polar surface area (TPSA) is 54.3 Å². The van der Waals surface area contributed by atoms with Gasteiger partial charge in [0.05, 0.1) is 11.1 Å². The summed E-state index contributed by atoms with van der Waals surface area (Å²) >= 11 is 0. The summed E-state index contributed by atoms with van der Waals surface area (Å²) < 4.78 is 15.2. The number of fused-ring (bicyclic) bond motifs is 1. The lowest BCUT2D eigenvalue weighted by Gasteiger charge is -2.04. The van der Waals surface area contributed by atoms with Gasteiger partial charge in [0.2, 0.25) is 0 Å². The van der Waals surface area contributed by atoms with E-state index < -0.39 is 11.6 Å². The van der Waals surface area contributed by atoms with Crippen LogP contribution >= 0.6 is 0 Å². The average Bonchev–Trinajstić information content (AvgIpc) is 2.76. The second kappa shape index (κ2) is 4.70. The zero-order valence-electron chi connectivity index (χ0n) is 11.6. The molecule has 1 aromatic carbocycles. The molecule has 5 heteroatoms. The minimum absolute atomic E-state index is 0.0112. The summed E-state index contributed by atoms with van der Waals surface area (Å²) in [5, 5.41) is 0. The van der Waals surface area contributed by atoms with Crippen LogP contribution < -0.4 is 5.56 Å². The minimum atomic E-state index is -0.577. The van der Waals surface area contributed by atoms with Crippen molar-refractivity contribution in [3.05, 3.63) is 75.1 Å². The van der Waals surface area contributed by atoms with Crippen LogP contribution in [0, 0.1) is 19.7 Å². The Hall–Kier alpha value is -2.69. The van der Waals surface area contributed by atoms with Crippen LogP contribution in [-0.4, -0.2) is 15.2 Å². The van der Waals surface area contributed by atoms with E-state index in [4.69, 9.17) is 0 Å². The Morgan fingerprint density at radius 1 is 1.10 bits per heavy atom. The highest BCUT2D eigenvalue weighted by Gasteiger charge is 2.19. The molecule has 0 unspecified atom stereocenters. The molecule has 0 amide bonds. The van der Waals surface area contributed by atoms with Crippen molar-refractivity contribution < 1.29 is 9.18 Å². The monoisotopic (exact) mass is 284 g/mol. The van der Waals surface area contributed by atoms with Crippen LogP contribution in [0.15, 0.2) is 41.2 Å². The third-order valence-electron chi connectivity index (χ3n) is 3.64. The second-order valence-electron chi connectivity index (χ2n) is 4.91. The Bertz CT molecular complexity index is 922. The smallest absolute Gasteiger partial charge is 0.256 e. The van der Waals surface area contributed by atoms with Crippen LogP contribution in [0.5, 0.6) is 0 Å². The molecule has 4 nitrogen and oxygen atoms in total. The van der Waals surface area contributed by atoms with Gasteiger partial charge in [-0.3, -0.25) is 14.0 Å². The van der Waals surface area contributed by atoms with Gasteiger partial charge < -0.3 is 4.98 Å². The third-order valence-corrected chi connectivity index (χ3v) is 3.64. The number of nitrogens with one attached hydrogen (secondary N) is 1. The van der Waals surface area contributed by atoms with Gasteiger partial charge in [0.25, 0.3) is 5.56 Å². The molecular formula is C16H13FN2O2. The first kappa shape index (κ1) is 13.3. The summed E-state index contributed by atoms with van der Waals surface area (Å²) in [6, 6.07) is 8.56. The summed E-state index contributed by atoms with van der Waals surface area (Å²) in [4.78, 5) is 27.5. The number of hydrogen-bond acceptors (Lipinski definition) is 2. The van der Waals surface area contributed by atoms with Crippen molar-refractivity contribution in [2.24, 2.45) is 0 Å². The van der Waals surface area contributed by atoms with E-state index in [0.29, 0.717) is 5.65 Å². The van der Waals surface area contributed by atoms with Crippen LogP contribution in [-0.2, 0) is 0 Å². The average molecular weight is 284 g/mol. The van der Waals surface area contributed by atoms with Crippen molar-refractivity contribution in [1.82, 2.24) is 9.38 Å². The summed E-state index contributed by atoms with van der Waals surface area (Å²) in [5.41, 5.74) is 1.96. The van der Waals surface area contributed by atoms with E-state index in [1.54, 1.807) is 13.0 Å². The van der Waals surface area contributed by atoms with Crippen LogP contribution in [0.25, 0.3) is 5.65 Å². The maximum Gasteiger partial charge on any atom is 0.256 e. The fourth-order valence-corrected chi connectivity index (χ4v) is 2.40. The number of H-pyrrole nitrogens is 1. The van der Waals surface area contributed by atoms with E-state index >= 15 is 0 Å². The van der Waals surface area contributed by atoms with Crippen molar-refractivity contribution in [3.63, 3.8) is 0 Å². The SMILES string of the molecule is Cc1[nH]c2c(C(=O)c3ccccc3F)ccc(=O)n2c1C. The number of aryl methyl sites for hydroxylation is 2. The highest BCUT2D eigenvalue weighted by molar-refractivity contribution is 6.12. The Labute approximate surface area is 119 Å². The van der Waals surface area contributed by atoms with Crippen molar-refractivity contribution in [2.45, 2.75) is 13.8 Å². The molecule has 0 aliphatic rings. The quantitative estimate of drug-likeness (QED) is 0.735. The normalized spacial score (nSPS) is 11.0. The standard InChI is InChI=1S/C16H13FN2O2/c1-9-10(2)19-14(20)8-7-12(16(19)18-9)15(21)11-5-3-4-6-13(11)17/h3-8,18H,1-2H3. The lowest BCUT2D eigenvalue weighted by molar-refractivity contribution is 0.103. The van der Waals surface area contributed by atoms with Gasteiger partial charge in [-0.1, -0.05) is 12.1 Å². The van der Waals surface area contributed by atoms with Crippen LogP contribution in [0.1, 0.15) is 27.3 Å².